The van der Waals surface area contributed by atoms with E-state index in [9.17, 15) is 14.4 Å². The van der Waals surface area contributed by atoms with Gasteiger partial charge in [-0.1, -0.05) is 12.1 Å². The van der Waals surface area contributed by atoms with E-state index in [1.54, 1.807) is 48.5 Å². The van der Waals surface area contributed by atoms with Crippen molar-refractivity contribution in [2.45, 2.75) is 0 Å². The Hall–Kier alpha value is -5.39. The Labute approximate surface area is 218 Å². The SMILES string of the molecule is CNC(=O)c1ccc(NC(=O)Nc2ccc(C(=N)N)cc2)cc1NC(=O)Nc1cccc(C2=NCCN2)c1. The molecule has 3 aromatic carbocycles. The molecule has 0 spiro atoms. The van der Waals surface area contributed by atoms with Gasteiger partial charge < -0.3 is 37.6 Å². The molecule has 5 amide bonds. The van der Waals surface area contributed by atoms with E-state index < -0.39 is 18.0 Å². The number of nitrogens with zero attached hydrogens (tertiary/aromatic N) is 1. The molecule has 0 saturated heterocycles. The first-order valence-corrected chi connectivity index (χ1v) is 11.7. The second kappa shape index (κ2) is 11.6. The molecule has 4 rings (SSSR count). The molecule has 12 heteroatoms. The average Bonchev–Trinajstić information content (AvgIpc) is 3.44. The number of amides is 5. The Morgan fingerprint density at radius 3 is 2.18 bits per heavy atom. The minimum atomic E-state index is -0.569. The third-order valence-corrected chi connectivity index (χ3v) is 5.52. The number of amidine groups is 2. The van der Waals surface area contributed by atoms with Crippen molar-refractivity contribution in [3.63, 3.8) is 0 Å². The van der Waals surface area contributed by atoms with Crippen LogP contribution in [0.15, 0.2) is 71.7 Å². The summed E-state index contributed by atoms with van der Waals surface area (Å²) in [7, 11) is 1.48. The van der Waals surface area contributed by atoms with Crippen LogP contribution in [-0.4, -0.2) is 49.8 Å². The lowest BCUT2D eigenvalue weighted by Gasteiger charge is -2.14. The second-order valence-electron chi connectivity index (χ2n) is 8.23. The molecule has 38 heavy (non-hydrogen) atoms. The molecule has 12 nitrogen and oxygen atoms in total. The fraction of sp³-hybridized carbons (Fsp3) is 0.115. The largest absolute Gasteiger partial charge is 0.384 e. The first-order valence-electron chi connectivity index (χ1n) is 11.7. The monoisotopic (exact) mass is 513 g/mol. The van der Waals surface area contributed by atoms with E-state index in [0.29, 0.717) is 29.2 Å². The maximum atomic E-state index is 12.8. The molecule has 1 heterocycles. The quantitative estimate of drug-likeness (QED) is 0.178. The van der Waals surface area contributed by atoms with Gasteiger partial charge >= 0.3 is 12.1 Å². The van der Waals surface area contributed by atoms with E-state index >= 15 is 0 Å². The van der Waals surface area contributed by atoms with Gasteiger partial charge in [-0.05, 0) is 54.6 Å². The van der Waals surface area contributed by atoms with Crippen molar-refractivity contribution in [3.8, 4) is 0 Å². The van der Waals surface area contributed by atoms with Crippen LogP contribution in [-0.2, 0) is 0 Å². The van der Waals surface area contributed by atoms with Crippen LogP contribution in [0.4, 0.5) is 32.3 Å². The van der Waals surface area contributed by atoms with Crippen molar-refractivity contribution in [3.05, 3.63) is 83.4 Å². The zero-order chi connectivity index (χ0) is 27.1. The van der Waals surface area contributed by atoms with Crippen molar-refractivity contribution >= 4 is 52.4 Å². The number of hydrogen-bond donors (Lipinski definition) is 8. The Morgan fingerprint density at radius 1 is 0.868 bits per heavy atom. The summed E-state index contributed by atoms with van der Waals surface area (Å²) in [6.07, 6.45) is 0. The van der Waals surface area contributed by atoms with E-state index in [0.717, 1.165) is 17.9 Å². The van der Waals surface area contributed by atoms with E-state index in [2.05, 4.69) is 36.9 Å². The molecular formula is C26H27N9O3. The van der Waals surface area contributed by atoms with Gasteiger partial charge in [-0.25, -0.2) is 9.59 Å². The third-order valence-electron chi connectivity index (χ3n) is 5.52. The van der Waals surface area contributed by atoms with Gasteiger partial charge in [0.25, 0.3) is 5.91 Å². The van der Waals surface area contributed by atoms with Crippen molar-refractivity contribution in [2.75, 3.05) is 41.4 Å². The van der Waals surface area contributed by atoms with E-state index in [-0.39, 0.29) is 17.1 Å². The standard InChI is InChI=1S/C26H27N9O3/c1-29-24(36)20-10-9-19(34-25(37)32-17-7-5-15(6-8-17)22(27)28)14-21(20)35-26(38)33-18-4-2-3-16(13-18)23-30-11-12-31-23/h2-10,13-14H,11-12H2,1H3,(H3,27,28)(H,29,36)(H,30,31)(H2,32,34,37)(H2,33,35,38). The van der Waals surface area contributed by atoms with Crippen molar-refractivity contribution in [1.82, 2.24) is 10.6 Å². The van der Waals surface area contributed by atoms with Crippen LogP contribution in [0.3, 0.4) is 0 Å². The van der Waals surface area contributed by atoms with Crippen LogP contribution < -0.4 is 37.6 Å². The highest BCUT2D eigenvalue weighted by atomic mass is 16.2. The Balaban J connectivity index is 1.46. The van der Waals surface area contributed by atoms with Crippen LogP contribution in [0.2, 0.25) is 0 Å². The molecule has 0 atom stereocenters. The maximum Gasteiger partial charge on any atom is 0.323 e. The van der Waals surface area contributed by atoms with Crippen LogP contribution in [0.1, 0.15) is 21.5 Å². The molecule has 194 valence electrons. The second-order valence-corrected chi connectivity index (χ2v) is 8.23. The number of hydrogen-bond acceptors (Lipinski definition) is 6. The number of nitrogens with one attached hydrogen (secondary N) is 7. The zero-order valence-electron chi connectivity index (χ0n) is 20.5. The fourth-order valence-electron chi connectivity index (χ4n) is 3.70. The van der Waals surface area contributed by atoms with Crippen LogP contribution in [0, 0.1) is 5.41 Å². The topological polar surface area (TPSA) is 186 Å². The van der Waals surface area contributed by atoms with Crippen molar-refractivity contribution in [2.24, 2.45) is 10.7 Å². The van der Waals surface area contributed by atoms with Crippen LogP contribution >= 0.6 is 0 Å². The smallest absolute Gasteiger partial charge is 0.323 e. The van der Waals surface area contributed by atoms with Gasteiger partial charge in [0.15, 0.2) is 0 Å². The average molecular weight is 514 g/mol. The van der Waals surface area contributed by atoms with E-state index in [1.807, 2.05) is 6.07 Å². The molecule has 0 aliphatic carbocycles. The maximum absolute atomic E-state index is 12.8. The summed E-state index contributed by atoms with van der Waals surface area (Å²) in [6.45, 7) is 1.47. The van der Waals surface area contributed by atoms with Gasteiger partial charge in [0.1, 0.15) is 11.7 Å². The molecule has 1 aliphatic rings. The highest BCUT2D eigenvalue weighted by Gasteiger charge is 2.15. The summed E-state index contributed by atoms with van der Waals surface area (Å²) in [5, 5.41) is 23.9. The number of benzene rings is 3. The number of carbonyl (C=O) groups is 3. The van der Waals surface area contributed by atoms with Crippen molar-refractivity contribution in [1.29, 1.82) is 5.41 Å². The lowest BCUT2D eigenvalue weighted by atomic mass is 10.1. The molecule has 3 aromatic rings. The number of anilines is 4. The van der Waals surface area contributed by atoms with Gasteiger partial charge in [-0.15, -0.1) is 0 Å². The predicted octanol–water partition coefficient (Wildman–Crippen LogP) is 2.97. The number of nitrogen functional groups attached to an aromatic ring is 1. The minimum absolute atomic E-state index is 0.0748. The summed E-state index contributed by atoms with van der Waals surface area (Å²) in [6, 6.07) is 17.1. The first kappa shape index (κ1) is 25.7. The summed E-state index contributed by atoms with van der Waals surface area (Å²) in [5.74, 6) is 0.284. The molecule has 0 radical (unpaired) electrons. The van der Waals surface area contributed by atoms with Gasteiger partial charge in [0.2, 0.25) is 0 Å². The molecule has 0 fully saturated rings. The Bertz CT molecular complexity index is 1420. The Morgan fingerprint density at radius 2 is 1.53 bits per heavy atom. The van der Waals surface area contributed by atoms with E-state index in [1.165, 1.54) is 19.2 Å². The zero-order valence-corrected chi connectivity index (χ0v) is 20.5. The van der Waals surface area contributed by atoms with Crippen LogP contribution in [0.5, 0.6) is 0 Å². The van der Waals surface area contributed by atoms with Crippen LogP contribution in [0.25, 0.3) is 0 Å². The summed E-state index contributed by atoms with van der Waals surface area (Å²) in [5.41, 5.74) is 8.62. The third kappa shape index (κ3) is 6.43. The summed E-state index contributed by atoms with van der Waals surface area (Å²) in [4.78, 5) is 42.1. The minimum Gasteiger partial charge on any atom is -0.384 e. The number of rotatable bonds is 7. The highest BCUT2D eigenvalue weighted by Crippen LogP contribution is 2.22. The number of urea groups is 2. The molecule has 9 N–H and O–H groups in total. The van der Waals surface area contributed by atoms with Gasteiger partial charge in [0, 0.05) is 41.8 Å². The fourth-order valence-corrected chi connectivity index (χ4v) is 3.70. The molecule has 1 aliphatic heterocycles. The number of carbonyl (C=O) groups excluding carboxylic acids is 3. The van der Waals surface area contributed by atoms with Gasteiger partial charge in [-0.3, -0.25) is 15.2 Å². The molecule has 0 unspecified atom stereocenters. The normalized spacial score (nSPS) is 12.0. The number of aliphatic imine (C=N–C) groups is 1. The lowest BCUT2D eigenvalue weighted by Crippen LogP contribution is -2.25. The molecule has 0 bridgehead atoms. The Kier molecular flexibility index (Phi) is 7.82. The van der Waals surface area contributed by atoms with E-state index in [4.69, 9.17) is 11.1 Å². The molecular weight excluding hydrogens is 486 g/mol. The lowest BCUT2D eigenvalue weighted by molar-refractivity contribution is 0.0964. The summed E-state index contributed by atoms with van der Waals surface area (Å²) < 4.78 is 0. The summed E-state index contributed by atoms with van der Waals surface area (Å²) >= 11 is 0. The highest BCUT2D eigenvalue weighted by molar-refractivity contribution is 6.08. The van der Waals surface area contributed by atoms with Gasteiger partial charge in [0.05, 0.1) is 17.8 Å². The van der Waals surface area contributed by atoms with Crippen molar-refractivity contribution < 1.29 is 14.4 Å². The first-order chi connectivity index (χ1) is 18.3. The molecule has 0 saturated carbocycles. The molecule has 0 aromatic heterocycles. The van der Waals surface area contributed by atoms with Gasteiger partial charge in [-0.2, -0.15) is 0 Å². The predicted molar refractivity (Wildman–Crippen MR) is 148 cm³/mol. The number of nitrogens with two attached hydrogens (primary N) is 1.